The van der Waals surface area contributed by atoms with Crippen molar-refractivity contribution in [1.82, 2.24) is 15.4 Å². The number of aromatic amines is 1. The third kappa shape index (κ3) is 2.83. The van der Waals surface area contributed by atoms with E-state index in [9.17, 15) is 14.9 Å². The molecule has 2 rings (SSSR count). The molecular formula is C8H6AgN4O5. The predicted octanol–water partition coefficient (Wildman–Crippen LogP) is 0.327. The van der Waals surface area contributed by atoms with Crippen molar-refractivity contribution in [2.45, 2.75) is 0 Å². The summed E-state index contributed by atoms with van der Waals surface area (Å²) >= 11 is 0. The first-order chi connectivity index (χ1) is 8.08. The molecule has 0 aliphatic carbocycles. The number of fused-ring (bicyclic) bond motifs is 1. The van der Waals surface area contributed by atoms with Crippen molar-refractivity contribution in [3.05, 3.63) is 22.2 Å². The number of hydrogen-bond donors (Lipinski definition) is 2. The summed E-state index contributed by atoms with van der Waals surface area (Å²) in [4.78, 5) is 20.4. The Bertz CT molecular complexity index is 598. The van der Waals surface area contributed by atoms with E-state index in [-0.39, 0.29) is 33.8 Å². The minimum Gasteiger partial charge on any atom is -0.479 e. The molecule has 0 atom stereocenters. The van der Waals surface area contributed by atoms with Crippen molar-refractivity contribution in [1.29, 1.82) is 0 Å². The van der Waals surface area contributed by atoms with Gasteiger partial charge in [0.2, 0.25) is 0 Å². The molecular weight excluding hydrogens is 340 g/mol. The number of aliphatic carboxylic acids is 1. The van der Waals surface area contributed by atoms with E-state index in [1.165, 1.54) is 6.07 Å². The van der Waals surface area contributed by atoms with E-state index in [1.807, 2.05) is 0 Å². The summed E-state index contributed by atoms with van der Waals surface area (Å²) in [6.07, 6.45) is 0. The van der Waals surface area contributed by atoms with Gasteiger partial charge in [0.15, 0.2) is 12.4 Å². The molecule has 0 saturated heterocycles. The van der Waals surface area contributed by atoms with Crippen molar-refractivity contribution in [3.63, 3.8) is 0 Å². The summed E-state index contributed by atoms with van der Waals surface area (Å²) in [7, 11) is 0. The number of carbonyl (C=O) groups is 1. The van der Waals surface area contributed by atoms with Crippen LogP contribution in [0, 0.1) is 10.1 Å². The Labute approximate surface area is 115 Å². The Kier molecular flexibility index (Phi) is 4.37. The maximum Gasteiger partial charge on any atom is 0.341 e. The van der Waals surface area contributed by atoms with Crippen LogP contribution in [0.15, 0.2) is 12.1 Å². The monoisotopic (exact) mass is 345 g/mol. The van der Waals surface area contributed by atoms with E-state index in [1.54, 1.807) is 0 Å². The third-order valence-corrected chi connectivity index (χ3v) is 1.94. The van der Waals surface area contributed by atoms with Gasteiger partial charge < -0.3 is 9.84 Å². The van der Waals surface area contributed by atoms with Crippen molar-refractivity contribution >= 4 is 22.7 Å². The van der Waals surface area contributed by atoms with Crippen molar-refractivity contribution < 1.29 is 41.9 Å². The van der Waals surface area contributed by atoms with Gasteiger partial charge in [0, 0.05) is 34.5 Å². The van der Waals surface area contributed by atoms with E-state index < -0.39 is 17.5 Å². The minimum atomic E-state index is -1.22. The summed E-state index contributed by atoms with van der Waals surface area (Å²) in [5, 5.41) is 28.9. The molecule has 0 fully saturated rings. The summed E-state index contributed by atoms with van der Waals surface area (Å²) in [6, 6.07) is 2.43. The van der Waals surface area contributed by atoms with E-state index in [0.29, 0.717) is 11.0 Å². The van der Waals surface area contributed by atoms with Gasteiger partial charge in [0.25, 0.3) is 0 Å². The zero-order valence-electron chi connectivity index (χ0n) is 8.59. The van der Waals surface area contributed by atoms with Gasteiger partial charge >= 0.3 is 11.7 Å². The van der Waals surface area contributed by atoms with Crippen LogP contribution in [0.5, 0.6) is 5.75 Å². The molecule has 1 aromatic heterocycles. The van der Waals surface area contributed by atoms with Gasteiger partial charge in [-0.15, -0.1) is 0 Å². The summed E-state index contributed by atoms with van der Waals surface area (Å²) in [6.45, 7) is -0.663. The molecule has 0 aliphatic heterocycles. The van der Waals surface area contributed by atoms with Gasteiger partial charge in [-0.1, -0.05) is 0 Å². The van der Waals surface area contributed by atoms with Crippen LogP contribution in [-0.2, 0) is 27.2 Å². The van der Waals surface area contributed by atoms with Crippen LogP contribution in [0.2, 0.25) is 0 Å². The second-order valence-electron chi connectivity index (χ2n) is 3.07. The second-order valence-corrected chi connectivity index (χ2v) is 3.07. The number of nitrogens with zero attached hydrogens (tertiary/aromatic N) is 3. The fourth-order valence-electron chi connectivity index (χ4n) is 1.26. The van der Waals surface area contributed by atoms with Crippen LogP contribution >= 0.6 is 0 Å². The average Bonchev–Trinajstić information content (AvgIpc) is 2.71. The van der Waals surface area contributed by atoms with Crippen molar-refractivity contribution in [2.75, 3.05) is 6.61 Å². The largest absolute Gasteiger partial charge is 0.479 e. The first-order valence-electron chi connectivity index (χ1n) is 4.41. The number of nitro benzene ring substituents is 1. The van der Waals surface area contributed by atoms with Crippen LogP contribution in [-0.4, -0.2) is 38.0 Å². The number of aromatic nitrogens is 3. The Morgan fingerprint density at radius 2 is 2.06 bits per heavy atom. The molecule has 1 radical (unpaired) electrons. The number of nitrogens with one attached hydrogen (secondary N) is 1. The molecule has 0 amide bonds. The maximum atomic E-state index is 10.8. The SMILES string of the molecule is O=C(O)COc1cc2n[nH]nc2cc1[N+](=O)[O-].[Ag]. The average molecular weight is 346 g/mol. The van der Waals surface area contributed by atoms with Crippen molar-refractivity contribution in [2.24, 2.45) is 0 Å². The maximum absolute atomic E-state index is 10.8. The summed E-state index contributed by atoms with van der Waals surface area (Å²) in [5.74, 6) is -1.38. The van der Waals surface area contributed by atoms with Crippen molar-refractivity contribution in [3.8, 4) is 5.75 Å². The standard InChI is InChI=1S/C8H6N4O5.Ag/c13-8(14)3-17-7-2-5-4(9-11-10-5)1-6(7)12(15)16;/h1-2H,3H2,(H,13,14)(H,9,10,11);. The van der Waals surface area contributed by atoms with Gasteiger partial charge in [-0.05, 0) is 0 Å². The third-order valence-electron chi connectivity index (χ3n) is 1.94. The van der Waals surface area contributed by atoms with Crippen LogP contribution in [0.3, 0.4) is 0 Å². The van der Waals surface area contributed by atoms with E-state index in [4.69, 9.17) is 9.84 Å². The Morgan fingerprint density at radius 1 is 1.44 bits per heavy atom. The molecule has 0 unspecified atom stereocenters. The van der Waals surface area contributed by atoms with Crippen LogP contribution in [0.4, 0.5) is 5.69 Å². The van der Waals surface area contributed by atoms with Gasteiger partial charge in [-0.2, -0.15) is 15.4 Å². The molecule has 10 heteroatoms. The number of rotatable bonds is 4. The van der Waals surface area contributed by atoms with Gasteiger partial charge in [0.05, 0.1) is 4.92 Å². The normalized spacial score (nSPS) is 9.78. The Morgan fingerprint density at radius 3 is 2.61 bits per heavy atom. The Hall–Kier alpha value is -1.97. The number of hydrogen-bond acceptors (Lipinski definition) is 6. The smallest absolute Gasteiger partial charge is 0.341 e. The van der Waals surface area contributed by atoms with E-state index in [2.05, 4.69) is 15.4 Å². The summed E-state index contributed by atoms with van der Waals surface area (Å²) in [5.41, 5.74) is 0.308. The molecule has 0 aliphatic rings. The van der Waals surface area contributed by atoms with Gasteiger partial charge in [-0.3, -0.25) is 10.1 Å². The molecule has 2 aromatic rings. The fraction of sp³-hybridized carbons (Fsp3) is 0.125. The molecule has 18 heavy (non-hydrogen) atoms. The Balaban J connectivity index is 0.00000162. The molecule has 1 heterocycles. The van der Waals surface area contributed by atoms with Gasteiger partial charge in [-0.25, -0.2) is 4.79 Å². The first kappa shape index (κ1) is 14.1. The van der Waals surface area contributed by atoms with Crippen LogP contribution in [0.1, 0.15) is 0 Å². The van der Waals surface area contributed by atoms with E-state index >= 15 is 0 Å². The molecule has 99 valence electrons. The van der Waals surface area contributed by atoms with Crippen LogP contribution in [0.25, 0.3) is 11.0 Å². The zero-order valence-corrected chi connectivity index (χ0v) is 10.1. The zero-order chi connectivity index (χ0) is 12.4. The fourth-order valence-corrected chi connectivity index (χ4v) is 1.26. The number of H-pyrrole nitrogens is 1. The quantitative estimate of drug-likeness (QED) is 0.463. The molecule has 0 bridgehead atoms. The molecule has 2 N–H and O–H groups in total. The number of benzene rings is 1. The topological polar surface area (TPSA) is 131 Å². The number of nitro groups is 1. The first-order valence-corrected chi connectivity index (χ1v) is 4.41. The van der Waals surface area contributed by atoms with Gasteiger partial charge in [0.1, 0.15) is 11.0 Å². The molecule has 0 spiro atoms. The molecule has 9 nitrogen and oxygen atoms in total. The molecule has 0 saturated carbocycles. The number of carboxylic acids is 1. The predicted molar refractivity (Wildman–Crippen MR) is 53.7 cm³/mol. The molecule has 1 aromatic carbocycles. The van der Waals surface area contributed by atoms with Crippen LogP contribution < -0.4 is 4.74 Å². The summed E-state index contributed by atoms with van der Waals surface area (Å²) < 4.78 is 4.81. The van der Waals surface area contributed by atoms with E-state index in [0.717, 1.165) is 6.07 Å². The minimum absolute atomic E-state index is 0. The second kappa shape index (κ2) is 5.58. The number of ether oxygens (including phenoxy) is 1. The number of carboxylic acid groups (broad SMARTS) is 1.